The molecule has 1 heterocycles. The Morgan fingerprint density at radius 2 is 2.19 bits per heavy atom. The van der Waals surface area contributed by atoms with Gasteiger partial charge in [-0.15, -0.1) is 0 Å². The molecule has 1 aliphatic rings. The number of nitrogens with one attached hydrogen (secondary N) is 1. The molecule has 0 aliphatic carbocycles. The van der Waals surface area contributed by atoms with Crippen molar-refractivity contribution in [1.29, 1.82) is 0 Å². The van der Waals surface area contributed by atoms with Crippen LogP contribution in [0.3, 0.4) is 0 Å². The average molecular weight is 227 g/mol. The van der Waals surface area contributed by atoms with E-state index in [-0.39, 0.29) is 17.2 Å². The Kier molecular flexibility index (Phi) is 3.10. The van der Waals surface area contributed by atoms with Crippen LogP contribution < -0.4 is 5.32 Å². The van der Waals surface area contributed by atoms with Crippen molar-refractivity contribution in [3.63, 3.8) is 0 Å². The van der Waals surface area contributed by atoms with Gasteiger partial charge < -0.3 is 10.4 Å². The van der Waals surface area contributed by atoms with Gasteiger partial charge in [-0.1, -0.05) is 6.07 Å². The molecule has 0 saturated carbocycles. The van der Waals surface area contributed by atoms with Gasteiger partial charge in [0, 0.05) is 6.54 Å². The second-order valence-electron chi connectivity index (χ2n) is 4.27. The predicted octanol–water partition coefficient (Wildman–Crippen LogP) is 2.72. The average Bonchev–Trinajstić information content (AvgIpc) is 2.74. The zero-order valence-electron chi connectivity index (χ0n) is 9.13. The van der Waals surface area contributed by atoms with E-state index in [9.17, 15) is 13.9 Å². The van der Waals surface area contributed by atoms with Gasteiger partial charge in [-0.3, -0.25) is 0 Å². The highest BCUT2D eigenvalue weighted by molar-refractivity contribution is 5.45. The van der Waals surface area contributed by atoms with E-state index in [1.165, 1.54) is 6.07 Å². The Labute approximate surface area is 93.3 Å². The summed E-state index contributed by atoms with van der Waals surface area (Å²) in [6.45, 7) is 3.41. The van der Waals surface area contributed by atoms with Gasteiger partial charge in [0.1, 0.15) is 5.75 Å². The fourth-order valence-corrected chi connectivity index (χ4v) is 2.18. The van der Waals surface area contributed by atoms with Crippen molar-refractivity contribution in [2.24, 2.45) is 0 Å². The summed E-state index contributed by atoms with van der Waals surface area (Å²) in [7, 11) is 0. The number of hydrogen-bond acceptors (Lipinski definition) is 2. The van der Waals surface area contributed by atoms with E-state index in [1.54, 1.807) is 13.0 Å². The van der Waals surface area contributed by atoms with Crippen molar-refractivity contribution in [2.75, 3.05) is 13.1 Å². The first-order valence-electron chi connectivity index (χ1n) is 5.42. The molecule has 1 aromatic carbocycles. The molecule has 1 aliphatic heterocycles. The summed E-state index contributed by atoms with van der Waals surface area (Å²) >= 11 is 0. The number of aryl methyl sites for hydroxylation is 1. The van der Waals surface area contributed by atoms with E-state index in [0.717, 1.165) is 25.1 Å². The van der Waals surface area contributed by atoms with Gasteiger partial charge in [-0.2, -0.15) is 0 Å². The minimum atomic E-state index is -2.62. The standard InChI is InChI=1S/C12H15F2NO/c1-7-4-9(8-2-3-15-6-8)5-10(11(7)16)12(13)14/h4-5,8,12,15-16H,2-3,6H2,1H3. The number of benzene rings is 1. The Bertz CT molecular complexity index is 387. The van der Waals surface area contributed by atoms with Crippen LogP contribution in [0.5, 0.6) is 5.75 Å². The first-order valence-corrected chi connectivity index (χ1v) is 5.42. The van der Waals surface area contributed by atoms with Gasteiger partial charge in [0.05, 0.1) is 5.56 Å². The van der Waals surface area contributed by atoms with Gasteiger partial charge in [-0.05, 0) is 43.0 Å². The van der Waals surface area contributed by atoms with Crippen LogP contribution in [0.25, 0.3) is 0 Å². The normalized spacial score (nSPS) is 20.6. The quantitative estimate of drug-likeness (QED) is 0.814. The lowest BCUT2D eigenvalue weighted by atomic mass is 9.94. The van der Waals surface area contributed by atoms with Crippen LogP contribution in [0.4, 0.5) is 8.78 Å². The number of alkyl halides is 2. The van der Waals surface area contributed by atoms with Gasteiger partial charge in [0.15, 0.2) is 0 Å². The van der Waals surface area contributed by atoms with Gasteiger partial charge in [0.2, 0.25) is 0 Å². The maximum atomic E-state index is 12.7. The number of phenols is 1. The molecule has 2 nitrogen and oxygen atoms in total. The highest BCUT2D eigenvalue weighted by Gasteiger charge is 2.21. The lowest BCUT2D eigenvalue weighted by molar-refractivity contribution is 0.147. The third kappa shape index (κ3) is 2.02. The molecule has 0 spiro atoms. The zero-order valence-corrected chi connectivity index (χ0v) is 9.13. The van der Waals surface area contributed by atoms with E-state index >= 15 is 0 Å². The summed E-state index contributed by atoms with van der Waals surface area (Å²) in [6.07, 6.45) is -1.65. The largest absolute Gasteiger partial charge is 0.507 e. The van der Waals surface area contributed by atoms with E-state index < -0.39 is 6.43 Å². The first-order chi connectivity index (χ1) is 7.59. The summed E-state index contributed by atoms with van der Waals surface area (Å²) in [4.78, 5) is 0. The number of rotatable bonds is 2. The van der Waals surface area contributed by atoms with E-state index in [2.05, 4.69) is 5.32 Å². The lowest BCUT2D eigenvalue weighted by Crippen LogP contribution is -2.08. The summed E-state index contributed by atoms with van der Waals surface area (Å²) < 4.78 is 25.4. The fourth-order valence-electron chi connectivity index (χ4n) is 2.18. The molecule has 0 aromatic heterocycles. The molecule has 16 heavy (non-hydrogen) atoms. The SMILES string of the molecule is Cc1cc(C2CCNC2)cc(C(F)F)c1O. The molecule has 0 amide bonds. The Balaban J connectivity index is 2.39. The zero-order chi connectivity index (χ0) is 11.7. The van der Waals surface area contributed by atoms with Crippen LogP contribution >= 0.6 is 0 Å². The number of aromatic hydroxyl groups is 1. The molecule has 1 atom stereocenters. The topological polar surface area (TPSA) is 32.3 Å². The summed E-state index contributed by atoms with van der Waals surface area (Å²) in [5, 5.41) is 12.7. The second kappa shape index (κ2) is 4.37. The van der Waals surface area contributed by atoms with Crippen molar-refractivity contribution in [2.45, 2.75) is 25.7 Å². The minimum absolute atomic E-state index is 0.248. The van der Waals surface area contributed by atoms with E-state index in [4.69, 9.17) is 0 Å². The molecule has 1 saturated heterocycles. The van der Waals surface area contributed by atoms with Gasteiger partial charge >= 0.3 is 0 Å². The van der Waals surface area contributed by atoms with Crippen LogP contribution in [-0.4, -0.2) is 18.2 Å². The molecule has 88 valence electrons. The van der Waals surface area contributed by atoms with Crippen molar-refractivity contribution >= 4 is 0 Å². The summed E-state index contributed by atoms with van der Waals surface area (Å²) in [5.74, 6) is 0.0153. The highest BCUT2D eigenvalue weighted by atomic mass is 19.3. The Morgan fingerprint density at radius 3 is 2.75 bits per heavy atom. The summed E-state index contributed by atoms with van der Waals surface area (Å²) in [5.41, 5.74) is 1.18. The van der Waals surface area contributed by atoms with Crippen LogP contribution in [0.2, 0.25) is 0 Å². The number of hydrogen-bond donors (Lipinski definition) is 2. The van der Waals surface area contributed by atoms with Crippen LogP contribution in [-0.2, 0) is 0 Å². The maximum Gasteiger partial charge on any atom is 0.267 e. The predicted molar refractivity (Wildman–Crippen MR) is 58.0 cm³/mol. The van der Waals surface area contributed by atoms with Crippen LogP contribution in [0.1, 0.15) is 35.5 Å². The van der Waals surface area contributed by atoms with Gasteiger partial charge in [0.25, 0.3) is 6.43 Å². The van der Waals surface area contributed by atoms with Gasteiger partial charge in [-0.25, -0.2) is 8.78 Å². The third-order valence-corrected chi connectivity index (χ3v) is 3.12. The highest BCUT2D eigenvalue weighted by Crippen LogP contribution is 2.35. The van der Waals surface area contributed by atoms with E-state index in [0.29, 0.717) is 5.56 Å². The molecule has 1 unspecified atom stereocenters. The number of phenolic OH excluding ortho intramolecular Hbond substituents is 1. The van der Waals surface area contributed by atoms with Crippen molar-refractivity contribution < 1.29 is 13.9 Å². The molecule has 0 bridgehead atoms. The fraction of sp³-hybridized carbons (Fsp3) is 0.500. The molecular weight excluding hydrogens is 212 g/mol. The maximum absolute atomic E-state index is 12.7. The Hall–Kier alpha value is -1.16. The smallest absolute Gasteiger partial charge is 0.267 e. The molecule has 2 N–H and O–H groups in total. The first kappa shape index (κ1) is 11.3. The van der Waals surface area contributed by atoms with Crippen molar-refractivity contribution in [3.8, 4) is 5.75 Å². The van der Waals surface area contributed by atoms with Crippen molar-refractivity contribution in [3.05, 3.63) is 28.8 Å². The molecular formula is C12H15F2NO. The number of halogens is 2. The minimum Gasteiger partial charge on any atom is -0.507 e. The van der Waals surface area contributed by atoms with Crippen LogP contribution in [0, 0.1) is 6.92 Å². The summed E-state index contributed by atoms with van der Waals surface area (Å²) in [6, 6.07) is 3.24. The molecule has 1 aromatic rings. The molecule has 1 fully saturated rings. The molecule has 2 rings (SSSR count). The van der Waals surface area contributed by atoms with E-state index in [1.807, 2.05) is 0 Å². The van der Waals surface area contributed by atoms with Crippen molar-refractivity contribution in [1.82, 2.24) is 5.32 Å². The Morgan fingerprint density at radius 1 is 1.44 bits per heavy atom. The molecule has 0 radical (unpaired) electrons. The lowest BCUT2D eigenvalue weighted by Gasteiger charge is -2.14. The second-order valence-corrected chi connectivity index (χ2v) is 4.27. The van der Waals surface area contributed by atoms with Crippen LogP contribution in [0.15, 0.2) is 12.1 Å². The third-order valence-electron chi connectivity index (χ3n) is 3.12. The molecule has 4 heteroatoms. The monoisotopic (exact) mass is 227 g/mol.